The summed E-state index contributed by atoms with van der Waals surface area (Å²) in [5.41, 5.74) is 0.0746. The maximum Gasteiger partial charge on any atom is 0.287 e. The van der Waals surface area contributed by atoms with Crippen LogP contribution in [0.3, 0.4) is 0 Å². The average molecular weight is 216 g/mol. The van der Waals surface area contributed by atoms with E-state index in [1.165, 1.54) is 24.3 Å². The summed E-state index contributed by atoms with van der Waals surface area (Å²) >= 11 is 0. The number of benzene rings is 1. The van der Waals surface area contributed by atoms with E-state index in [9.17, 15) is 19.2 Å². The minimum atomic E-state index is -0.820. The average Bonchev–Trinajstić information content (AvgIpc) is 2.30. The van der Waals surface area contributed by atoms with Gasteiger partial charge in [-0.2, -0.15) is 0 Å². The Balaban J connectivity index is 3.13. The quantitative estimate of drug-likeness (QED) is 0.535. The Kier molecular flexibility index (Phi) is 3.75. The van der Waals surface area contributed by atoms with Crippen molar-refractivity contribution >= 4 is 24.0 Å². The summed E-state index contributed by atoms with van der Waals surface area (Å²) in [4.78, 5) is 47.7. The Hall–Kier alpha value is -2.68. The normalized spacial score (nSPS) is 8.50. The van der Waals surface area contributed by atoms with Crippen molar-refractivity contribution in [3.05, 3.63) is 35.4 Å². The fourth-order valence-corrected chi connectivity index (χ4v) is 0.997. The molecule has 1 aromatic rings. The largest absolute Gasteiger partial charge is 0.287 e. The highest BCUT2D eigenvalue weighted by Crippen LogP contribution is 2.07. The van der Waals surface area contributed by atoms with E-state index in [0.717, 1.165) is 12.2 Å². The molecule has 0 atom stereocenters. The van der Waals surface area contributed by atoms with E-state index in [0.29, 0.717) is 0 Å². The second-order valence-corrected chi connectivity index (χ2v) is 2.60. The van der Waals surface area contributed by atoms with Crippen LogP contribution >= 0.6 is 0 Å². The van der Waals surface area contributed by atoms with E-state index in [2.05, 4.69) is 9.98 Å². The molecule has 0 aromatic heterocycles. The van der Waals surface area contributed by atoms with Crippen LogP contribution in [0.5, 0.6) is 0 Å². The second-order valence-electron chi connectivity index (χ2n) is 2.60. The Bertz CT molecular complexity index is 492. The van der Waals surface area contributed by atoms with Gasteiger partial charge in [0.1, 0.15) is 0 Å². The molecule has 0 unspecified atom stereocenters. The number of carbonyl (C=O) groups excluding carboxylic acids is 4. The third-order valence-electron chi connectivity index (χ3n) is 1.65. The summed E-state index contributed by atoms with van der Waals surface area (Å²) in [6.45, 7) is 0. The van der Waals surface area contributed by atoms with Crippen molar-refractivity contribution < 1.29 is 19.2 Å². The lowest BCUT2D eigenvalue weighted by Gasteiger charge is -1.96. The molecule has 0 bridgehead atoms. The van der Waals surface area contributed by atoms with E-state index in [-0.39, 0.29) is 11.1 Å². The SMILES string of the molecule is O=C=NC(=O)c1cccc(C(=O)N=C=O)c1. The molecule has 1 rings (SSSR count). The third kappa shape index (κ3) is 2.65. The first-order chi connectivity index (χ1) is 7.69. The zero-order valence-electron chi connectivity index (χ0n) is 7.84. The summed E-state index contributed by atoms with van der Waals surface area (Å²) in [6, 6.07) is 5.31. The van der Waals surface area contributed by atoms with Gasteiger partial charge in [-0.15, -0.1) is 9.98 Å². The molecule has 0 aliphatic heterocycles. The molecule has 0 N–H and O–H groups in total. The summed E-state index contributed by atoms with van der Waals surface area (Å²) in [6.07, 6.45) is 2.19. The second kappa shape index (κ2) is 5.26. The summed E-state index contributed by atoms with van der Waals surface area (Å²) in [5, 5.41) is 0. The van der Waals surface area contributed by atoms with Crippen LogP contribution in [0.15, 0.2) is 34.3 Å². The van der Waals surface area contributed by atoms with Crippen LogP contribution in [0, 0.1) is 0 Å². The minimum Gasteiger partial charge on any atom is -0.266 e. The lowest BCUT2D eigenvalue weighted by molar-refractivity contribution is 0.100. The molecule has 0 radical (unpaired) electrons. The molecule has 0 spiro atoms. The highest BCUT2D eigenvalue weighted by atomic mass is 16.2. The topological polar surface area (TPSA) is 93.0 Å². The molecule has 16 heavy (non-hydrogen) atoms. The maximum absolute atomic E-state index is 11.1. The number of hydrogen-bond acceptors (Lipinski definition) is 4. The predicted molar refractivity (Wildman–Crippen MR) is 51.3 cm³/mol. The number of carbonyl (C=O) groups is 2. The molecular weight excluding hydrogens is 212 g/mol. The molecule has 6 nitrogen and oxygen atoms in total. The van der Waals surface area contributed by atoms with Crippen molar-refractivity contribution in [1.82, 2.24) is 0 Å². The van der Waals surface area contributed by atoms with Gasteiger partial charge in [0.05, 0.1) is 0 Å². The van der Waals surface area contributed by atoms with Crippen LogP contribution in [0.1, 0.15) is 20.7 Å². The molecule has 0 heterocycles. The number of nitrogens with zero attached hydrogens (tertiary/aromatic N) is 2. The van der Waals surface area contributed by atoms with Gasteiger partial charge in [-0.3, -0.25) is 9.59 Å². The standard InChI is InChI=1S/C10H4N2O4/c13-5-11-9(15)7-2-1-3-8(4-7)10(16)12-6-14/h1-4H. The summed E-state index contributed by atoms with van der Waals surface area (Å²) in [5.74, 6) is -1.64. The van der Waals surface area contributed by atoms with Crippen molar-refractivity contribution in [2.24, 2.45) is 9.98 Å². The van der Waals surface area contributed by atoms with Crippen molar-refractivity contribution in [1.29, 1.82) is 0 Å². The van der Waals surface area contributed by atoms with Gasteiger partial charge < -0.3 is 0 Å². The van der Waals surface area contributed by atoms with Gasteiger partial charge in [-0.05, 0) is 18.2 Å². The Morgan fingerprint density at radius 3 is 1.75 bits per heavy atom. The summed E-state index contributed by atoms with van der Waals surface area (Å²) in [7, 11) is 0. The molecule has 0 saturated heterocycles. The molecule has 0 fully saturated rings. The van der Waals surface area contributed by atoms with Crippen molar-refractivity contribution in [2.75, 3.05) is 0 Å². The fraction of sp³-hybridized carbons (Fsp3) is 0. The highest BCUT2D eigenvalue weighted by molar-refractivity contribution is 6.02. The number of isocyanates is 2. The smallest absolute Gasteiger partial charge is 0.266 e. The lowest BCUT2D eigenvalue weighted by Crippen LogP contribution is -1.99. The van der Waals surface area contributed by atoms with Gasteiger partial charge >= 0.3 is 0 Å². The van der Waals surface area contributed by atoms with E-state index in [1.54, 1.807) is 0 Å². The Morgan fingerprint density at radius 2 is 1.38 bits per heavy atom. The van der Waals surface area contributed by atoms with Gasteiger partial charge in [0.15, 0.2) is 0 Å². The van der Waals surface area contributed by atoms with Crippen LogP contribution < -0.4 is 0 Å². The molecule has 2 amide bonds. The van der Waals surface area contributed by atoms with Crippen LogP contribution in [0.4, 0.5) is 0 Å². The van der Waals surface area contributed by atoms with Crippen LogP contribution in [-0.2, 0) is 9.59 Å². The molecule has 0 saturated carbocycles. The van der Waals surface area contributed by atoms with Gasteiger partial charge in [0, 0.05) is 11.1 Å². The molecule has 1 aromatic carbocycles. The first kappa shape index (κ1) is 11.4. The van der Waals surface area contributed by atoms with Gasteiger partial charge in [0.25, 0.3) is 11.8 Å². The Morgan fingerprint density at radius 1 is 0.938 bits per heavy atom. The molecule has 78 valence electrons. The maximum atomic E-state index is 11.1. The number of amides is 2. The van der Waals surface area contributed by atoms with Crippen LogP contribution in [-0.4, -0.2) is 24.0 Å². The first-order valence-electron chi connectivity index (χ1n) is 4.03. The van der Waals surface area contributed by atoms with Crippen LogP contribution in [0.25, 0.3) is 0 Å². The van der Waals surface area contributed by atoms with E-state index in [1.807, 2.05) is 0 Å². The zero-order valence-corrected chi connectivity index (χ0v) is 7.84. The number of rotatable bonds is 2. The zero-order chi connectivity index (χ0) is 12.0. The minimum absolute atomic E-state index is 0.0373. The van der Waals surface area contributed by atoms with Crippen LogP contribution in [0.2, 0.25) is 0 Å². The molecule has 6 heteroatoms. The Labute approximate surface area is 89.3 Å². The number of hydrogen-bond donors (Lipinski definition) is 0. The summed E-state index contributed by atoms with van der Waals surface area (Å²) < 4.78 is 0. The van der Waals surface area contributed by atoms with Crippen molar-refractivity contribution in [3.63, 3.8) is 0 Å². The fourth-order valence-electron chi connectivity index (χ4n) is 0.997. The molecular formula is C10H4N2O4. The van der Waals surface area contributed by atoms with Gasteiger partial charge in [0.2, 0.25) is 12.2 Å². The first-order valence-corrected chi connectivity index (χ1v) is 4.03. The van der Waals surface area contributed by atoms with E-state index in [4.69, 9.17) is 0 Å². The van der Waals surface area contributed by atoms with Gasteiger partial charge in [-0.1, -0.05) is 6.07 Å². The van der Waals surface area contributed by atoms with Crippen molar-refractivity contribution in [3.8, 4) is 0 Å². The molecule has 0 aliphatic carbocycles. The highest BCUT2D eigenvalue weighted by Gasteiger charge is 2.08. The van der Waals surface area contributed by atoms with E-state index >= 15 is 0 Å². The third-order valence-corrected chi connectivity index (χ3v) is 1.65. The van der Waals surface area contributed by atoms with E-state index < -0.39 is 11.8 Å². The number of aliphatic imine (C=N–C) groups is 2. The lowest BCUT2D eigenvalue weighted by atomic mass is 10.1. The van der Waals surface area contributed by atoms with Gasteiger partial charge in [-0.25, -0.2) is 9.59 Å². The monoisotopic (exact) mass is 216 g/mol. The predicted octanol–water partition coefficient (Wildman–Crippen LogP) is 0.639. The molecule has 0 aliphatic rings. The van der Waals surface area contributed by atoms with Crippen molar-refractivity contribution in [2.45, 2.75) is 0 Å².